The standard InChI is InChI=1S/C13H16N4O2Se/c14-8-13(4-6-19-7-5-13)12(18)15-9-2-1-3-10-11(9)17-20-16-10/h1-3H,4-8,14H2,(H,15,18). The molecule has 0 spiro atoms. The predicted molar refractivity (Wildman–Crippen MR) is 76.5 cm³/mol. The van der Waals surface area contributed by atoms with Gasteiger partial charge in [0.25, 0.3) is 0 Å². The first-order chi connectivity index (χ1) is 9.75. The second-order valence-electron chi connectivity index (χ2n) is 4.99. The van der Waals surface area contributed by atoms with Crippen molar-refractivity contribution in [1.29, 1.82) is 0 Å². The number of ether oxygens (including phenoxy) is 1. The molecule has 6 nitrogen and oxygen atoms in total. The molecular formula is C13H16N4O2Se. The molecule has 20 heavy (non-hydrogen) atoms. The van der Waals surface area contributed by atoms with E-state index in [1.807, 2.05) is 18.2 Å². The van der Waals surface area contributed by atoms with E-state index in [9.17, 15) is 4.79 Å². The van der Waals surface area contributed by atoms with Crippen LogP contribution in [0, 0.1) is 5.41 Å². The maximum atomic E-state index is 12.6. The summed E-state index contributed by atoms with van der Waals surface area (Å²) >= 11 is -0.104. The summed E-state index contributed by atoms with van der Waals surface area (Å²) in [6.45, 7) is 1.50. The number of nitrogens with one attached hydrogen (secondary N) is 1. The quantitative estimate of drug-likeness (QED) is 0.835. The van der Waals surface area contributed by atoms with Crippen LogP contribution >= 0.6 is 0 Å². The molecule has 3 rings (SSSR count). The van der Waals surface area contributed by atoms with E-state index in [4.69, 9.17) is 10.5 Å². The van der Waals surface area contributed by atoms with E-state index in [1.54, 1.807) is 0 Å². The average molecular weight is 339 g/mol. The molecule has 1 saturated heterocycles. The number of nitrogens with two attached hydrogens (primary N) is 1. The summed E-state index contributed by atoms with van der Waals surface area (Å²) in [5.74, 6) is -0.0358. The summed E-state index contributed by atoms with van der Waals surface area (Å²) in [4.78, 5) is 12.6. The fourth-order valence-electron chi connectivity index (χ4n) is 2.45. The Labute approximate surface area is 122 Å². The third-order valence-electron chi connectivity index (χ3n) is 3.86. The zero-order valence-electron chi connectivity index (χ0n) is 11.0. The number of hydrogen-bond acceptors (Lipinski definition) is 5. The molecule has 106 valence electrons. The molecular weight excluding hydrogens is 323 g/mol. The molecule has 2 aliphatic heterocycles. The van der Waals surface area contributed by atoms with Crippen LogP contribution in [0.3, 0.4) is 0 Å². The Balaban J connectivity index is 1.83. The molecule has 1 amide bonds. The van der Waals surface area contributed by atoms with E-state index in [0.717, 1.165) is 17.1 Å². The van der Waals surface area contributed by atoms with Crippen LogP contribution in [0.5, 0.6) is 0 Å². The normalized spacial score (nSPS) is 19.2. The minimum absolute atomic E-state index is 0.0358. The Morgan fingerprint density at radius 1 is 1.40 bits per heavy atom. The Morgan fingerprint density at radius 3 is 2.95 bits per heavy atom. The summed E-state index contributed by atoms with van der Waals surface area (Å²) in [5.41, 5.74) is 7.71. The van der Waals surface area contributed by atoms with Crippen LogP contribution in [0.2, 0.25) is 0 Å². The number of rotatable bonds is 3. The third kappa shape index (κ3) is 2.38. The zero-order valence-corrected chi connectivity index (χ0v) is 12.7. The van der Waals surface area contributed by atoms with E-state index in [0.29, 0.717) is 32.6 Å². The Bertz CT molecular complexity index is 604. The van der Waals surface area contributed by atoms with Crippen molar-refractivity contribution in [2.24, 2.45) is 19.1 Å². The van der Waals surface area contributed by atoms with Crippen LogP contribution < -0.4 is 11.1 Å². The van der Waals surface area contributed by atoms with Crippen molar-refractivity contribution in [2.75, 3.05) is 25.1 Å². The summed E-state index contributed by atoms with van der Waals surface area (Å²) < 4.78 is 14.0. The van der Waals surface area contributed by atoms with Crippen molar-refractivity contribution >= 4 is 37.5 Å². The Hall–Kier alpha value is -1.27. The molecule has 0 saturated carbocycles. The number of carbonyl (C=O) groups is 1. The van der Waals surface area contributed by atoms with Gasteiger partial charge in [0, 0.05) is 0 Å². The van der Waals surface area contributed by atoms with Gasteiger partial charge in [-0.1, -0.05) is 0 Å². The second-order valence-corrected chi connectivity index (χ2v) is 6.10. The molecule has 0 unspecified atom stereocenters. The molecule has 0 atom stereocenters. The predicted octanol–water partition coefficient (Wildman–Crippen LogP) is 1.73. The van der Waals surface area contributed by atoms with Gasteiger partial charge in [-0.15, -0.1) is 0 Å². The van der Waals surface area contributed by atoms with Crippen molar-refractivity contribution in [2.45, 2.75) is 12.8 Å². The molecule has 0 radical (unpaired) electrons. The van der Waals surface area contributed by atoms with E-state index in [2.05, 4.69) is 13.2 Å². The summed E-state index contributed by atoms with van der Waals surface area (Å²) in [5, 5.41) is 2.99. The van der Waals surface area contributed by atoms with Gasteiger partial charge >= 0.3 is 122 Å². The summed E-state index contributed by atoms with van der Waals surface area (Å²) in [7, 11) is 0. The minimum atomic E-state index is -0.526. The molecule has 0 aliphatic carbocycles. The first-order valence-electron chi connectivity index (χ1n) is 6.56. The van der Waals surface area contributed by atoms with Crippen molar-refractivity contribution in [1.82, 2.24) is 0 Å². The van der Waals surface area contributed by atoms with Crippen LogP contribution in [0.4, 0.5) is 17.1 Å². The molecule has 1 aromatic carbocycles. The molecule has 3 N–H and O–H groups in total. The zero-order chi connectivity index (χ0) is 14.0. The van der Waals surface area contributed by atoms with Crippen LogP contribution in [0.1, 0.15) is 12.8 Å². The van der Waals surface area contributed by atoms with Crippen LogP contribution in [-0.4, -0.2) is 40.2 Å². The van der Waals surface area contributed by atoms with Gasteiger partial charge in [0.15, 0.2) is 0 Å². The van der Waals surface area contributed by atoms with E-state index < -0.39 is 5.41 Å². The van der Waals surface area contributed by atoms with Gasteiger partial charge in [0.1, 0.15) is 0 Å². The molecule has 1 aromatic rings. The number of anilines is 1. The fourth-order valence-corrected chi connectivity index (χ4v) is 3.60. The average Bonchev–Trinajstić information content (AvgIpc) is 2.97. The van der Waals surface area contributed by atoms with Crippen molar-refractivity contribution in [3.05, 3.63) is 18.2 Å². The SMILES string of the molecule is NCC1(C(=O)Nc2cccc3c2N=[Se]=N3)CCOCC1. The van der Waals surface area contributed by atoms with Gasteiger partial charge in [-0.25, -0.2) is 0 Å². The van der Waals surface area contributed by atoms with Crippen molar-refractivity contribution in [3.63, 3.8) is 0 Å². The van der Waals surface area contributed by atoms with Gasteiger partial charge in [-0.3, -0.25) is 0 Å². The van der Waals surface area contributed by atoms with Crippen molar-refractivity contribution in [3.8, 4) is 0 Å². The molecule has 1 fully saturated rings. The fraction of sp³-hybridized carbons (Fsp3) is 0.462. The molecule has 0 bridgehead atoms. The van der Waals surface area contributed by atoms with E-state index in [1.165, 1.54) is 0 Å². The molecule has 2 aliphatic rings. The molecule has 7 heteroatoms. The monoisotopic (exact) mass is 340 g/mol. The number of benzene rings is 1. The first kappa shape index (κ1) is 13.7. The Morgan fingerprint density at radius 2 is 2.20 bits per heavy atom. The number of hydrogen-bond donors (Lipinski definition) is 2. The van der Waals surface area contributed by atoms with E-state index >= 15 is 0 Å². The van der Waals surface area contributed by atoms with Crippen LogP contribution in [0.25, 0.3) is 0 Å². The Kier molecular flexibility index (Phi) is 3.85. The number of amides is 1. The number of carbonyl (C=O) groups excluding carboxylic acids is 1. The van der Waals surface area contributed by atoms with Gasteiger partial charge in [-0.2, -0.15) is 0 Å². The second kappa shape index (κ2) is 5.61. The molecule has 0 aromatic heterocycles. The topological polar surface area (TPSA) is 89.1 Å². The number of fused-ring (bicyclic) bond motifs is 1. The van der Waals surface area contributed by atoms with Crippen LogP contribution in [-0.2, 0) is 9.53 Å². The van der Waals surface area contributed by atoms with Crippen molar-refractivity contribution < 1.29 is 9.53 Å². The maximum absolute atomic E-state index is 12.6. The van der Waals surface area contributed by atoms with Gasteiger partial charge in [0.2, 0.25) is 0 Å². The van der Waals surface area contributed by atoms with E-state index in [-0.39, 0.29) is 20.5 Å². The van der Waals surface area contributed by atoms with Gasteiger partial charge in [-0.05, 0) is 0 Å². The molecule has 2 heterocycles. The first-order valence-corrected chi connectivity index (χ1v) is 8.09. The third-order valence-corrected chi connectivity index (χ3v) is 4.99. The van der Waals surface area contributed by atoms with Gasteiger partial charge in [0.05, 0.1) is 0 Å². The van der Waals surface area contributed by atoms with Crippen LogP contribution in [0.15, 0.2) is 26.1 Å². The summed E-state index contributed by atoms with van der Waals surface area (Å²) in [6, 6.07) is 5.66. The number of nitrogens with zero attached hydrogens (tertiary/aromatic N) is 2. The van der Waals surface area contributed by atoms with Gasteiger partial charge < -0.3 is 0 Å². The summed E-state index contributed by atoms with van der Waals surface area (Å²) in [6.07, 6.45) is 1.33.